The minimum Gasteiger partial charge on any atom is -0.455 e. The number of carbonyl (C=O) groups excluding carboxylic acids is 1. The first-order chi connectivity index (χ1) is 9.18. The topological polar surface area (TPSA) is 106 Å². The number of primary sulfonamides is 1. The van der Waals surface area contributed by atoms with Crippen LogP contribution < -0.4 is 10.5 Å². The fraction of sp³-hybridized carbons (Fsp3) is 0.583. The second-order valence-electron chi connectivity index (χ2n) is 5.25. The zero-order valence-corrected chi connectivity index (χ0v) is 12.5. The molecule has 0 saturated carbocycles. The highest BCUT2D eigenvalue weighted by Gasteiger charge is 2.29. The number of hydrogen-bond acceptors (Lipinski definition) is 5. The van der Waals surface area contributed by atoms with Gasteiger partial charge in [0, 0.05) is 31.2 Å². The Morgan fingerprint density at radius 3 is 2.40 bits per heavy atom. The van der Waals surface area contributed by atoms with Crippen LogP contribution in [0.5, 0.6) is 0 Å². The summed E-state index contributed by atoms with van der Waals surface area (Å²) >= 11 is 0. The third-order valence-electron chi connectivity index (χ3n) is 3.23. The molecule has 3 N–H and O–H groups in total. The average Bonchev–Trinajstić information content (AvgIpc) is 2.68. The molecule has 0 aliphatic carbocycles. The van der Waals surface area contributed by atoms with E-state index in [0.717, 1.165) is 0 Å². The maximum absolute atomic E-state index is 12.4. The Bertz CT molecular complexity index is 613. The van der Waals surface area contributed by atoms with E-state index in [4.69, 9.17) is 9.56 Å². The first-order valence-corrected chi connectivity index (χ1v) is 7.91. The minimum absolute atomic E-state index is 0.00725. The first-order valence-electron chi connectivity index (χ1n) is 6.37. The number of hydrogen-bond donors (Lipinski definition) is 2. The Morgan fingerprint density at radius 2 is 1.95 bits per heavy atom. The van der Waals surface area contributed by atoms with Gasteiger partial charge in [-0.05, 0) is 20.8 Å². The molecule has 0 unspecified atom stereocenters. The van der Waals surface area contributed by atoms with Crippen molar-refractivity contribution >= 4 is 15.9 Å². The van der Waals surface area contributed by atoms with Crippen molar-refractivity contribution in [3.63, 3.8) is 0 Å². The van der Waals surface area contributed by atoms with Gasteiger partial charge in [0.2, 0.25) is 10.0 Å². The minimum atomic E-state index is -3.88. The molecule has 7 nitrogen and oxygen atoms in total. The molecule has 1 aliphatic rings. The van der Waals surface area contributed by atoms with Crippen LogP contribution in [0.15, 0.2) is 15.4 Å². The standard InChI is InChI=1S/C12H19N3O4S/c1-7-5-15(6-8(2)14-7)12(16)10-4-11(9(3)19-10)20(13,17)18/h4,7-8,14H,5-6H2,1-3H3,(H2,13,17,18)/t7-,8+. The van der Waals surface area contributed by atoms with Crippen molar-refractivity contribution in [1.82, 2.24) is 10.2 Å². The fourth-order valence-electron chi connectivity index (χ4n) is 2.50. The van der Waals surface area contributed by atoms with Gasteiger partial charge in [0.1, 0.15) is 10.7 Å². The normalized spacial score (nSPS) is 23.9. The van der Waals surface area contributed by atoms with Gasteiger partial charge in [0.05, 0.1) is 0 Å². The molecule has 0 bridgehead atoms. The van der Waals surface area contributed by atoms with Gasteiger partial charge in [-0.15, -0.1) is 0 Å². The number of nitrogens with two attached hydrogens (primary N) is 1. The van der Waals surface area contributed by atoms with Crippen molar-refractivity contribution in [2.75, 3.05) is 13.1 Å². The molecule has 20 heavy (non-hydrogen) atoms. The Morgan fingerprint density at radius 1 is 1.40 bits per heavy atom. The lowest BCUT2D eigenvalue weighted by Gasteiger charge is -2.35. The Balaban J connectivity index is 2.26. The molecular formula is C12H19N3O4S. The van der Waals surface area contributed by atoms with Crippen LogP contribution in [0.25, 0.3) is 0 Å². The molecule has 0 spiro atoms. The van der Waals surface area contributed by atoms with E-state index in [9.17, 15) is 13.2 Å². The predicted octanol–water partition coefficient (Wildman–Crippen LogP) is 0.0578. The predicted molar refractivity (Wildman–Crippen MR) is 72.8 cm³/mol. The molecule has 1 aromatic rings. The molecule has 1 fully saturated rings. The van der Waals surface area contributed by atoms with Crippen LogP contribution in [0.3, 0.4) is 0 Å². The van der Waals surface area contributed by atoms with Crippen LogP contribution >= 0.6 is 0 Å². The summed E-state index contributed by atoms with van der Waals surface area (Å²) < 4.78 is 28.0. The van der Waals surface area contributed by atoms with E-state index in [1.165, 1.54) is 13.0 Å². The summed E-state index contributed by atoms with van der Waals surface area (Å²) in [5.74, 6) is -0.178. The van der Waals surface area contributed by atoms with E-state index in [-0.39, 0.29) is 34.4 Å². The molecule has 2 rings (SSSR count). The maximum atomic E-state index is 12.4. The molecule has 1 aromatic heterocycles. The van der Waals surface area contributed by atoms with Crippen LogP contribution in [-0.2, 0) is 10.0 Å². The van der Waals surface area contributed by atoms with E-state index in [1.54, 1.807) is 4.90 Å². The van der Waals surface area contributed by atoms with Crippen molar-refractivity contribution in [2.45, 2.75) is 37.8 Å². The fourth-order valence-corrected chi connectivity index (χ4v) is 3.22. The lowest BCUT2D eigenvalue weighted by molar-refractivity contribution is 0.0640. The zero-order valence-electron chi connectivity index (χ0n) is 11.7. The Labute approximate surface area is 118 Å². The summed E-state index contributed by atoms with van der Waals surface area (Å²) in [6.45, 7) is 6.54. The molecule has 112 valence electrons. The lowest BCUT2D eigenvalue weighted by atomic mass is 10.1. The highest BCUT2D eigenvalue weighted by molar-refractivity contribution is 7.89. The van der Waals surface area contributed by atoms with Crippen molar-refractivity contribution in [2.24, 2.45) is 5.14 Å². The van der Waals surface area contributed by atoms with Gasteiger partial charge in [0.25, 0.3) is 5.91 Å². The summed E-state index contributed by atoms with van der Waals surface area (Å²) in [6.07, 6.45) is 0. The largest absolute Gasteiger partial charge is 0.455 e. The zero-order chi connectivity index (χ0) is 15.1. The molecular weight excluding hydrogens is 282 g/mol. The number of aryl methyl sites for hydroxylation is 1. The van der Waals surface area contributed by atoms with Crippen LogP contribution in [0.1, 0.15) is 30.2 Å². The molecule has 0 radical (unpaired) electrons. The monoisotopic (exact) mass is 301 g/mol. The highest BCUT2D eigenvalue weighted by atomic mass is 32.2. The molecule has 0 aromatic carbocycles. The molecule has 1 saturated heterocycles. The van der Waals surface area contributed by atoms with Crippen molar-refractivity contribution in [3.05, 3.63) is 17.6 Å². The van der Waals surface area contributed by atoms with E-state index < -0.39 is 10.0 Å². The average molecular weight is 301 g/mol. The van der Waals surface area contributed by atoms with Crippen molar-refractivity contribution in [3.8, 4) is 0 Å². The van der Waals surface area contributed by atoms with Gasteiger partial charge in [-0.1, -0.05) is 0 Å². The third kappa shape index (κ3) is 3.02. The second-order valence-corrected chi connectivity index (χ2v) is 6.78. The lowest BCUT2D eigenvalue weighted by Crippen LogP contribution is -2.55. The van der Waals surface area contributed by atoms with E-state index in [2.05, 4.69) is 5.32 Å². The number of nitrogens with one attached hydrogen (secondary N) is 1. The smallest absolute Gasteiger partial charge is 0.289 e. The second kappa shape index (κ2) is 5.19. The summed E-state index contributed by atoms with van der Waals surface area (Å²) in [5, 5.41) is 8.39. The van der Waals surface area contributed by atoms with Gasteiger partial charge in [0.15, 0.2) is 5.76 Å². The highest BCUT2D eigenvalue weighted by Crippen LogP contribution is 2.20. The SMILES string of the molecule is Cc1oc(C(=O)N2C[C@@H](C)N[C@@H](C)C2)cc1S(N)(=O)=O. The quantitative estimate of drug-likeness (QED) is 0.803. The van der Waals surface area contributed by atoms with Gasteiger partial charge in [-0.25, -0.2) is 13.6 Å². The van der Waals surface area contributed by atoms with Crippen LogP contribution in [0, 0.1) is 6.92 Å². The summed E-state index contributed by atoms with van der Waals surface area (Å²) in [4.78, 5) is 13.9. The summed E-state index contributed by atoms with van der Waals surface area (Å²) in [6, 6.07) is 1.55. The van der Waals surface area contributed by atoms with E-state index >= 15 is 0 Å². The Kier molecular flexibility index (Phi) is 3.90. The Hall–Kier alpha value is -1.38. The number of amides is 1. The number of nitrogens with zero attached hydrogens (tertiary/aromatic N) is 1. The van der Waals surface area contributed by atoms with Gasteiger partial charge >= 0.3 is 0 Å². The van der Waals surface area contributed by atoms with E-state index in [1.807, 2.05) is 13.8 Å². The molecule has 2 atom stereocenters. The first kappa shape index (κ1) is 15.0. The number of furan rings is 1. The van der Waals surface area contributed by atoms with Crippen LogP contribution in [-0.4, -0.2) is 44.4 Å². The maximum Gasteiger partial charge on any atom is 0.289 e. The van der Waals surface area contributed by atoms with Crippen molar-refractivity contribution in [1.29, 1.82) is 0 Å². The number of carbonyl (C=O) groups is 1. The molecule has 1 aliphatic heterocycles. The third-order valence-corrected chi connectivity index (χ3v) is 4.25. The van der Waals surface area contributed by atoms with Gasteiger partial charge in [-0.2, -0.15) is 0 Å². The van der Waals surface area contributed by atoms with Crippen LogP contribution in [0.4, 0.5) is 0 Å². The number of sulfonamides is 1. The molecule has 8 heteroatoms. The van der Waals surface area contributed by atoms with E-state index in [0.29, 0.717) is 13.1 Å². The molecule has 1 amide bonds. The molecule has 2 heterocycles. The number of piperazine rings is 1. The van der Waals surface area contributed by atoms with Crippen molar-refractivity contribution < 1.29 is 17.6 Å². The van der Waals surface area contributed by atoms with Crippen LogP contribution in [0.2, 0.25) is 0 Å². The van der Waals surface area contributed by atoms with Gasteiger partial charge < -0.3 is 14.6 Å². The number of rotatable bonds is 2. The summed E-state index contributed by atoms with van der Waals surface area (Å²) in [7, 11) is -3.88. The summed E-state index contributed by atoms with van der Waals surface area (Å²) in [5.41, 5.74) is 0. The van der Waals surface area contributed by atoms with Gasteiger partial charge in [-0.3, -0.25) is 4.79 Å².